The van der Waals surface area contributed by atoms with E-state index in [1.807, 2.05) is 18.2 Å². The Hall–Kier alpha value is -3.75. The third kappa shape index (κ3) is 4.00. The molecule has 4 rings (SSSR count). The van der Waals surface area contributed by atoms with Crippen LogP contribution in [0.1, 0.15) is 41.9 Å². The number of nitrogens with one attached hydrogen (secondary N) is 1. The molecular weight excluding hydrogens is 386 g/mol. The number of anilines is 1. The van der Waals surface area contributed by atoms with Crippen LogP contribution in [-0.2, 0) is 0 Å². The van der Waals surface area contributed by atoms with Gasteiger partial charge in [-0.15, -0.1) is 5.10 Å². The number of ether oxygens (including phenoxy) is 1. The van der Waals surface area contributed by atoms with E-state index in [-0.39, 0.29) is 17.5 Å². The zero-order valence-electron chi connectivity index (χ0n) is 16.4. The van der Waals surface area contributed by atoms with Gasteiger partial charge in [-0.2, -0.15) is 0 Å². The summed E-state index contributed by atoms with van der Waals surface area (Å²) in [4.78, 5) is 23.4. The number of nitro benzene ring substituents is 1. The molecule has 1 N–H and O–H groups in total. The number of hydrogen-bond donors (Lipinski definition) is 1. The van der Waals surface area contributed by atoms with Gasteiger partial charge in [-0.3, -0.25) is 14.9 Å². The normalized spacial score (nSPS) is 13.9. The van der Waals surface area contributed by atoms with Gasteiger partial charge in [-0.25, -0.2) is 4.68 Å². The molecule has 9 nitrogen and oxygen atoms in total. The fraction of sp³-hybridized carbons (Fsp3) is 0.286. The monoisotopic (exact) mass is 407 g/mol. The molecule has 0 radical (unpaired) electrons. The number of amides is 1. The van der Waals surface area contributed by atoms with E-state index >= 15 is 0 Å². The van der Waals surface area contributed by atoms with Crippen LogP contribution in [0.5, 0.6) is 5.75 Å². The average molecular weight is 407 g/mol. The minimum atomic E-state index is -0.481. The minimum absolute atomic E-state index is 0.0635. The van der Waals surface area contributed by atoms with E-state index in [1.54, 1.807) is 25.1 Å². The Kier molecular flexibility index (Phi) is 5.42. The van der Waals surface area contributed by atoms with E-state index in [0.717, 1.165) is 25.7 Å². The standard InChI is InChI=1S/C21H21N5O4/c1-14-20(23-24-25(14)15-7-6-8-16(13-15)26(28)29)21(27)22-18-11-4-5-12-19(18)30-17-9-2-3-10-17/h4-8,11-13,17H,2-3,9-10H2,1H3,(H,22,27). The van der Waals surface area contributed by atoms with Gasteiger partial charge in [0.1, 0.15) is 5.75 Å². The highest BCUT2D eigenvalue weighted by atomic mass is 16.6. The number of carbonyl (C=O) groups excluding carboxylic acids is 1. The predicted octanol–water partition coefficient (Wildman–Crippen LogP) is 4.06. The lowest BCUT2D eigenvalue weighted by molar-refractivity contribution is -0.384. The first-order valence-electron chi connectivity index (χ1n) is 9.77. The molecule has 1 aromatic heterocycles. The summed E-state index contributed by atoms with van der Waals surface area (Å²) in [5, 5.41) is 21.9. The van der Waals surface area contributed by atoms with Crippen LogP contribution in [0.2, 0.25) is 0 Å². The van der Waals surface area contributed by atoms with Gasteiger partial charge in [0.15, 0.2) is 5.69 Å². The Morgan fingerprint density at radius 3 is 2.73 bits per heavy atom. The van der Waals surface area contributed by atoms with E-state index < -0.39 is 10.8 Å². The van der Waals surface area contributed by atoms with Crippen molar-refractivity contribution < 1.29 is 14.5 Å². The molecule has 9 heteroatoms. The fourth-order valence-corrected chi connectivity index (χ4v) is 3.56. The number of carbonyl (C=O) groups is 1. The molecule has 1 amide bonds. The number of aromatic nitrogens is 3. The highest BCUT2D eigenvalue weighted by Crippen LogP contribution is 2.30. The minimum Gasteiger partial charge on any atom is -0.488 e. The van der Waals surface area contributed by atoms with E-state index in [4.69, 9.17) is 4.74 Å². The van der Waals surface area contributed by atoms with E-state index in [0.29, 0.717) is 22.8 Å². The van der Waals surface area contributed by atoms with Crippen LogP contribution in [0.3, 0.4) is 0 Å². The number of para-hydroxylation sites is 2. The van der Waals surface area contributed by atoms with Crippen molar-refractivity contribution in [2.75, 3.05) is 5.32 Å². The fourth-order valence-electron chi connectivity index (χ4n) is 3.56. The first-order chi connectivity index (χ1) is 14.5. The lowest BCUT2D eigenvalue weighted by Crippen LogP contribution is -2.17. The molecule has 0 atom stereocenters. The summed E-state index contributed by atoms with van der Waals surface area (Å²) in [6, 6.07) is 13.3. The third-order valence-corrected chi connectivity index (χ3v) is 5.13. The zero-order valence-corrected chi connectivity index (χ0v) is 16.4. The number of rotatable bonds is 6. The Bertz CT molecular complexity index is 1090. The van der Waals surface area contributed by atoms with Crippen LogP contribution in [0.15, 0.2) is 48.5 Å². The summed E-state index contributed by atoms with van der Waals surface area (Å²) in [7, 11) is 0. The molecule has 0 bridgehead atoms. The van der Waals surface area contributed by atoms with Crippen LogP contribution in [-0.4, -0.2) is 31.9 Å². The van der Waals surface area contributed by atoms with Crippen LogP contribution in [0.25, 0.3) is 5.69 Å². The van der Waals surface area contributed by atoms with Crippen molar-refractivity contribution in [3.8, 4) is 11.4 Å². The number of non-ortho nitro benzene ring substituents is 1. The zero-order chi connectivity index (χ0) is 21.1. The second-order valence-corrected chi connectivity index (χ2v) is 7.19. The topological polar surface area (TPSA) is 112 Å². The SMILES string of the molecule is Cc1c(C(=O)Nc2ccccc2OC2CCCC2)nnn1-c1cccc([N+](=O)[O-])c1. The molecule has 0 saturated heterocycles. The van der Waals surface area contributed by atoms with Gasteiger partial charge < -0.3 is 10.1 Å². The van der Waals surface area contributed by atoms with Gasteiger partial charge in [-0.1, -0.05) is 23.4 Å². The van der Waals surface area contributed by atoms with Crippen molar-refractivity contribution in [2.45, 2.75) is 38.7 Å². The predicted molar refractivity (Wildman–Crippen MR) is 110 cm³/mol. The number of nitro groups is 1. The van der Waals surface area contributed by atoms with Gasteiger partial charge >= 0.3 is 0 Å². The second kappa shape index (κ2) is 8.32. The quantitative estimate of drug-likeness (QED) is 0.487. The highest BCUT2D eigenvalue weighted by Gasteiger charge is 2.21. The Morgan fingerprint density at radius 2 is 1.97 bits per heavy atom. The molecular formula is C21H21N5O4. The third-order valence-electron chi connectivity index (χ3n) is 5.13. The first kappa shape index (κ1) is 19.6. The molecule has 0 spiro atoms. The summed E-state index contributed by atoms with van der Waals surface area (Å²) in [6.07, 6.45) is 4.50. The summed E-state index contributed by atoms with van der Waals surface area (Å²) in [5.41, 5.74) is 1.57. The van der Waals surface area contributed by atoms with Crippen LogP contribution >= 0.6 is 0 Å². The van der Waals surface area contributed by atoms with Crippen LogP contribution < -0.4 is 10.1 Å². The van der Waals surface area contributed by atoms with Crippen molar-refractivity contribution >= 4 is 17.3 Å². The maximum Gasteiger partial charge on any atom is 0.278 e. The Morgan fingerprint density at radius 1 is 1.20 bits per heavy atom. The molecule has 1 heterocycles. The van der Waals surface area contributed by atoms with Gasteiger partial charge in [0.25, 0.3) is 11.6 Å². The molecule has 0 aliphatic heterocycles. The van der Waals surface area contributed by atoms with Gasteiger partial charge in [0.2, 0.25) is 0 Å². The van der Waals surface area contributed by atoms with Crippen molar-refractivity contribution in [3.63, 3.8) is 0 Å². The average Bonchev–Trinajstić information content (AvgIpc) is 3.39. The van der Waals surface area contributed by atoms with Crippen LogP contribution in [0, 0.1) is 17.0 Å². The number of benzene rings is 2. The Labute approximate surface area is 172 Å². The largest absolute Gasteiger partial charge is 0.488 e. The lowest BCUT2D eigenvalue weighted by Gasteiger charge is -2.16. The molecule has 2 aromatic carbocycles. The van der Waals surface area contributed by atoms with Crippen molar-refractivity contribution in [1.82, 2.24) is 15.0 Å². The van der Waals surface area contributed by atoms with Gasteiger partial charge in [0.05, 0.1) is 28.1 Å². The molecule has 1 aliphatic rings. The van der Waals surface area contributed by atoms with Gasteiger partial charge in [-0.05, 0) is 50.8 Å². The summed E-state index contributed by atoms with van der Waals surface area (Å²) in [5.74, 6) is 0.202. The summed E-state index contributed by atoms with van der Waals surface area (Å²) < 4.78 is 7.47. The van der Waals surface area contributed by atoms with E-state index in [9.17, 15) is 14.9 Å². The smallest absolute Gasteiger partial charge is 0.278 e. The van der Waals surface area contributed by atoms with Crippen LogP contribution in [0.4, 0.5) is 11.4 Å². The number of nitrogens with zero attached hydrogens (tertiary/aromatic N) is 4. The molecule has 30 heavy (non-hydrogen) atoms. The van der Waals surface area contributed by atoms with E-state index in [1.165, 1.54) is 16.8 Å². The summed E-state index contributed by atoms with van der Waals surface area (Å²) >= 11 is 0. The molecule has 154 valence electrons. The maximum absolute atomic E-state index is 12.9. The van der Waals surface area contributed by atoms with Crippen molar-refractivity contribution in [1.29, 1.82) is 0 Å². The molecule has 1 aliphatic carbocycles. The molecule has 0 unspecified atom stereocenters. The first-order valence-corrected chi connectivity index (χ1v) is 9.77. The maximum atomic E-state index is 12.9. The van der Waals surface area contributed by atoms with Gasteiger partial charge in [0, 0.05) is 12.1 Å². The second-order valence-electron chi connectivity index (χ2n) is 7.19. The Balaban J connectivity index is 1.56. The van der Waals surface area contributed by atoms with E-state index in [2.05, 4.69) is 15.6 Å². The van der Waals surface area contributed by atoms with Crippen molar-refractivity contribution in [3.05, 3.63) is 70.0 Å². The molecule has 1 saturated carbocycles. The number of hydrogen-bond acceptors (Lipinski definition) is 6. The summed E-state index contributed by atoms with van der Waals surface area (Å²) in [6.45, 7) is 1.69. The highest BCUT2D eigenvalue weighted by molar-refractivity contribution is 6.04. The lowest BCUT2D eigenvalue weighted by atomic mass is 10.2. The molecule has 1 fully saturated rings. The van der Waals surface area contributed by atoms with Crippen molar-refractivity contribution in [2.24, 2.45) is 0 Å². The molecule has 3 aromatic rings.